The summed E-state index contributed by atoms with van der Waals surface area (Å²) in [5, 5.41) is 6.76. The fourth-order valence-corrected chi connectivity index (χ4v) is 2.81. The Morgan fingerprint density at radius 3 is 2.58 bits per heavy atom. The number of anilines is 2. The van der Waals surface area contributed by atoms with Crippen LogP contribution in [0.25, 0.3) is 10.9 Å². The summed E-state index contributed by atoms with van der Waals surface area (Å²) >= 11 is 0. The van der Waals surface area contributed by atoms with Gasteiger partial charge in [0.2, 0.25) is 0 Å². The number of nitrogens with one attached hydrogen (secondary N) is 2. The van der Waals surface area contributed by atoms with E-state index in [4.69, 9.17) is 9.47 Å². The van der Waals surface area contributed by atoms with Crippen molar-refractivity contribution >= 4 is 28.3 Å². The molecule has 0 unspecified atom stereocenters. The third-order valence-corrected chi connectivity index (χ3v) is 4.00. The van der Waals surface area contributed by atoms with Crippen molar-refractivity contribution in [3.8, 4) is 5.75 Å². The van der Waals surface area contributed by atoms with E-state index in [9.17, 15) is 4.79 Å². The SMILES string of the molecule is CCOc1ccc(NC(=O)Nc2cn(CCOC)c3ccccc23)cc1. The van der Waals surface area contributed by atoms with E-state index in [0.717, 1.165) is 28.9 Å². The van der Waals surface area contributed by atoms with Crippen LogP contribution >= 0.6 is 0 Å². The molecule has 1 aromatic heterocycles. The number of fused-ring (bicyclic) bond motifs is 1. The number of ether oxygens (including phenoxy) is 2. The Morgan fingerprint density at radius 2 is 1.85 bits per heavy atom. The monoisotopic (exact) mass is 353 g/mol. The van der Waals surface area contributed by atoms with Gasteiger partial charge in [-0.3, -0.25) is 0 Å². The number of carbonyl (C=O) groups excluding carboxylic acids is 1. The molecular formula is C20H23N3O3. The van der Waals surface area contributed by atoms with Crippen LogP contribution in [0.5, 0.6) is 5.75 Å². The topological polar surface area (TPSA) is 64.5 Å². The Hall–Kier alpha value is -2.99. The summed E-state index contributed by atoms with van der Waals surface area (Å²) < 4.78 is 12.6. The summed E-state index contributed by atoms with van der Waals surface area (Å²) in [5.41, 5.74) is 2.52. The summed E-state index contributed by atoms with van der Waals surface area (Å²) in [4.78, 5) is 12.4. The van der Waals surface area contributed by atoms with Crippen LogP contribution < -0.4 is 15.4 Å². The van der Waals surface area contributed by atoms with Gasteiger partial charge in [0.1, 0.15) is 5.75 Å². The van der Waals surface area contributed by atoms with Gasteiger partial charge >= 0.3 is 6.03 Å². The van der Waals surface area contributed by atoms with Crippen molar-refractivity contribution in [1.29, 1.82) is 0 Å². The normalized spacial score (nSPS) is 10.7. The third kappa shape index (κ3) is 4.15. The molecule has 2 aromatic carbocycles. The molecule has 2 amide bonds. The number of nitrogens with zero attached hydrogens (tertiary/aromatic N) is 1. The van der Waals surface area contributed by atoms with Crippen LogP contribution in [0, 0.1) is 0 Å². The van der Waals surface area contributed by atoms with E-state index in [1.165, 1.54) is 0 Å². The van der Waals surface area contributed by atoms with Crippen LogP contribution in [0.15, 0.2) is 54.7 Å². The van der Waals surface area contributed by atoms with Crippen molar-refractivity contribution in [2.75, 3.05) is 31.0 Å². The number of para-hydroxylation sites is 1. The predicted molar refractivity (Wildman–Crippen MR) is 104 cm³/mol. The van der Waals surface area contributed by atoms with E-state index in [0.29, 0.717) is 18.9 Å². The smallest absolute Gasteiger partial charge is 0.323 e. The average molecular weight is 353 g/mol. The summed E-state index contributed by atoms with van der Waals surface area (Å²) in [5.74, 6) is 0.777. The summed E-state index contributed by atoms with van der Waals surface area (Å²) in [6, 6.07) is 15.0. The van der Waals surface area contributed by atoms with Crippen LogP contribution in [0.2, 0.25) is 0 Å². The zero-order valence-corrected chi connectivity index (χ0v) is 15.0. The summed E-state index contributed by atoms with van der Waals surface area (Å²) in [6.07, 6.45) is 1.93. The van der Waals surface area contributed by atoms with Crippen molar-refractivity contribution in [2.45, 2.75) is 13.5 Å². The van der Waals surface area contributed by atoms with Gasteiger partial charge in [-0.15, -0.1) is 0 Å². The molecule has 136 valence electrons. The van der Waals surface area contributed by atoms with Crippen LogP contribution in [0.3, 0.4) is 0 Å². The highest BCUT2D eigenvalue weighted by molar-refractivity contribution is 6.06. The van der Waals surface area contributed by atoms with Gasteiger partial charge in [-0.05, 0) is 37.3 Å². The number of urea groups is 1. The lowest BCUT2D eigenvalue weighted by molar-refractivity contribution is 0.188. The summed E-state index contributed by atoms with van der Waals surface area (Å²) in [6.45, 7) is 3.87. The van der Waals surface area contributed by atoms with Gasteiger partial charge in [0.25, 0.3) is 0 Å². The lowest BCUT2D eigenvalue weighted by Gasteiger charge is -2.08. The molecule has 0 spiro atoms. The zero-order valence-electron chi connectivity index (χ0n) is 15.0. The molecule has 0 aliphatic carbocycles. The van der Waals surface area contributed by atoms with E-state index < -0.39 is 0 Å². The number of hydrogen-bond donors (Lipinski definition) is 2. The van der Waals surface area contributed by atoms with E-state index in [1.54, 1.807) is 7.11 Å². The quantitative estimate of drug-likeness (QED) is 0.664. The Morgan fingerprint density at radius 1 is 1.08 bits per heavy atom. The van der Waals surface area contributed by atoms with Crippen molar-refractivity contribution in [1.82, 2.24) is 4.57 Å². The molecule has 2 N–H and O–H groups in total. The van der Waals surface area contributed by atoms with Crippen LogP contribution in [-0.2, 0) is 11.3 Å². The molecule has 6 nitrogen and oxygen atoms in total. The molecule has 26 heavy (non-hydrogen) atoms. The second-order valence-corrected chi connectivity index (χ2v) is 5.78. The first-order chi connectivity index (χ1) is 12.7. The maximum absolute atomic E-state index is 12.4. The largest absolute Gasteiger partial charge is 0.494 e. The number of methoxy groups -OCH3 is 1. The molecule has 0 aliphatic heterocycles. The van der Waals surface area contributed by atoms with E-state index in [-0.39, 0.29) is 6.03 Å². The average Bonchev–Trinajstić information content (AvgIpc) is 2.99. The predicted octanol–water partition coefficient (Wildman–Crippen LogP) is 4.33. The number of benzene rings is 2. The Balaban J connectivity index is 1.72. The van der Waals surface area contributed by atoms with Gasteiger partial charge in [-0.1, -0.05) is 18.2 Å². The second-order valence-electron chi connectivity index (χ2n) is 5.78. The fraction of sp³-hybridized carbons (Fsp3) is 0.250. The number of carbonyl (C=O) groups is 1. The first-order valence-corrected chi connectivity index (χ1v) is 8.59. The number of rotatable bonds is 7. The molecule has 0 saturated heterocycles. The zero-order chi connectivity index (χ0) is 18.4. The maximum atomic E-state index is 12.4. The molecule has 3 rings (SSSR count). The van der Waals surface area contributed by atoms with Gasteiger partial charge in [0, 0.05) is 30.9 Å². The first kappa shape index (κ1) is 17.8. The molecule has 0 bridgehead atoms. The van der Waals surface area contributed by atoms with Gasteiger partial charge in [-0.25, -0.2) is 4.79 Å². The highest BCUT2D eigenvalue weighted by atomic mass is 16.5. The fourth-order valence-electron chi connectivity index (χ4n) is 2.81. The third-order valence-electron chi connectivity index (χ3n) is 4.00. The van der Waals surface area contributed by atoms with E-state index >= 15 is 0 Å². The van der Waals surface area contributed by atoms with Crippen molar-refractivity contribution in [3.63, 3.8) is 0 Å². The van der Waals surface area contributed by atoms with Crippen molar-refractivity contribution in [2.24, 2.45) is 0 Å². The lowest BCUT2D eigenvalue weighted by atomic mass is 10.2. The van der Waals surface area contributed by atoms with Crippen molar-refractivity contribution in [3.05, 3.63) is 54.7 Å². The molecule has 6 heteroatoms. The molecular weight excluding hydrogens is 330 g/mol. The van der Waals surface area contributed by atoms with Gasteiger partial charge in [0.15, 0.2) is 0 Å². The maximum Gasteiger partial charge on any atom is 0.323 e. The number of hydrogen-bond acceptors (Lipinski definition) is 3. The Labute approximate surface area is 152 Å². The van der Waals surface area contributed by atoms with Gasteiger partial charge in [-0.2, -0.15) is 0 Å². The standard InChI is InChI=1S/C20H23N3O3/c1-3-26-16-10-8-15(9-11-16)21-20(24)22-18-14-23(12-13-25-2)19-7-5-4-6-17(18)19/h4-11,14H,3,12-13H2,1-2H3,(H2,21,22,24). The first-order valence-electron chi connectivity index (χ1n) is 8.59. The van der Waals surface area contributed by atoms with Crippen molar-refractivity contribution < 1.29 is 14.3 Å². The van der Waals surface area contributed by atoms with Gasteiger partial charge < -0.3 is 24.7 Å². The molecule has 0 radical (unpaired) electrons. The van der Waals surface area contributed by atoms with Crippen LogP contribution in [0.1, 0.15) is 6.92 Å². The minimum Gasteiger partial charge on any atom is -0.494 e. The Kier molecular flexibility index (Phi) is 5.76. The highest BCUT2D eigenvalue weighted by Gasteiger charge is 2.11. The minimum atomic E-state index is -0.288. The van der Waals surface area contributed by atoms with Crippen LogP contribution in [0.4, 0.5) is 16.2 Å². The van der Waals surface area contributed by atoms with Gasteiger partial charge in [0.05, 0.1) is 24.4 Å². The number of aromatic nitrogens is 1. The van der Waals surface area contributed by atoms with E-state index in [1.807, 2.05) is 61.7 Å². The summed E-state index contributed by atoms with van der Waals surface area (Å²) in [7, 11) is 1.68. The van der Waals surface area contributed by atoms with Crippen LogP contribution in [-0.4, -0.2) is 30.9 Å². The molecule has 0 saturated carbocycles. The lowest BCUT2D eigenvalue weighted by Crippen LogP contribution is -2.19. The number of amides is 2. The second kappa shape index (κ2) is 8.40. The molecule has 3 aromatic rings. The highest BCUT2D eigenvalue weighted by Crippen LogP contribution is 2.26. The molecule has 0 atom stereocenters. The molecule has 0 fully saturated rings. The minimum absolute atomic E-state index is 0.288. The van der Waals surface area contributed by atoms with E-state index in [2.05, 4.69) is 15.2 Å². The Bertz CT molecular complexity index is 872. The molecule has 0 aliphatic rings. The molecule has 1 heterocycles.